The van der Waals surface area contributed by atoms with E-state index >= 15 is 0 Å². The van der Waals surface area contributed by atoms with Crippen LogP contribution in [0, 0.1) is 0 Å². The Bertz CT molecular complexity index is 484. The number of benzene rings is 1. The van der Waals surface area contributed by atoms with E-state index in [2.05, 4.69) is 0 Å². The summed E-state index contributed by atoms with van der Waals surface area (Å²) in [5.74, 6) is -0.687. The average Bonchev–Trinajstić information content (AvgIpc) is 3.08. The highest BCUT2D eigenvalue weighted by Crippen LogP contribution is 2.54. The lowest BCUT2D eigenvalue weighted by molar-refractivity contribution is -0.147. The molecule has 0 unspecified atom stereocenters. The summed E-state index contributed by atoms with van der Waals surface area (Å²) in [6.07, 6.45) is 4.49. The molecule has 0 radical (unpaired) electrons. The number of rotatable bonds is 4. The van der Waals surface area contributed by atoms with Gasteiger partial charge in [-0.15, -0.1) is 0 Å². The van der Waals surface area contributed by atoms with Crippen LogP contribution < -0.4 is 0 Å². The minimum Gasteiger partial charge on any atom is -0.481 e. The van der Waals surface area contributed by atoms with Crippen LogP contribution in [-0.2, 0) is 20.5 Å². The number of aliphatic carboxylic acids is 1. The third kappa shape index (κ3) is 1.43. The Morgan fingerprint density at radius 1 is 1.17 bits per heavy atom. The summed E-state index contributed by atoms with van der Waals surface area (Å²) >= 11 is 0. The van der Waals surface area contributed by atoms with Crippen LogP contribution in [0.25, 0.3) is 0 Å². The topological polar surface area (TPSA) is 46.5 Å². The van der Waals surface area contributed by atoms with Crippen LogP contribution in [0.5, 0.6) is 0 Å². The maximum absolute atomic E-state index is 11.7. The average molecular weight is 246 g/mol. The Morgan fingerprint density at radius 2 is 1.78 bits per heavy atom. The van der Waals surface area contributed by atoms with Crippen molar-refractivity contribution in [3.05, 3.63) is 35.4 Å². The van der Waals surface area contributed by atoms with Crippen LogP contribution in [0.3, 0.4) is 0 Å². The van der Waals surface area contributed by atoms with Crippen LogP contribution in [0.1, 0.15) is 43.2 Å². The van der Waals surface area contributed by atoms with Gasteiger partial charge >= 0.3 is 5.97 Å². The van der Waals surface area contributed by atoms with Crippen molar-refractivity contribution in [2.24, 2.45) is 0 Å². The second-order valence-electron chi connectivity index (χ2n) is 5.48. The first-order valence-electron chi connectivity index (χ1n) is 6.53. The number of hydrogen-bond acceptors (Lipinski definition) is 2. The Hall–Kier alpha value is -1.35. The third-order valence-corrected chi connectivity index (χ3v) is 4.64. The van der Waals surface area contributed by atoms with Crippen molar-refractivity contribution in [1.29, 1.82) is 0 Å². The fraction of sp³-hybridized carbons (Fsp3) is 0.533. The molecule has 0 atom stereocenters. The molecule has 3 heteroatoms. The molecule has 2 aliphatic carbocycles. The van der Waals surface area contributed by atoms with Gasteiger partial charge < -0.3 is 9.84 Å². The van der Waals surface area contributed by atoms with E-state index in [1.807, 2.05) is 24.3 Å². The highest BCUT2D eigenvalue weighted by atomic mass is 16.5. The second kappa shape index (κ2) is 3.82. The van der Waals surface area contributed by atoms with Crippen molar-refractivity contribution in [2.75, 3.05) is 7.11 Å². The van der Waals surface area contributed by atoms with E-state index in [0.717, 1.165) is 43.2 Å². The van der Waals surface area contributed by atoms with Crippen LogP contribution in [0.2, 0.25) is 0 Å². The number of hydrogen-bond donors (Lipinski definition) is 1. The van der Waals surface area contributed by atoms with Gasteiger partial charge in [0.2, 0.25) is 0 Å². The van der Waals surface area contributed by atoms with E-state index in [-0.39, 0.29) is 5.60 Å². The molecule has 0 amide bonds. The smallest absolute Gasteiger partial charge is 0.314 e. The van der Waals surface area contributed by atoms with E-state index in [4.69, 9.17) is 4.74 Å². The maximum atomic E-state index is 11.7. The molecule has 0 saturated heterocycles. The van der Waals surface area contributed by atoms with Crippen LogP contribution >= 0.6 is 0 Å². The van der Waals surface area contributed by atoms with Crippen LogP contribution in [0.4, 0.5) is 0 Å². The summed E-state index contributed by atoms with van der Waals surface area (Å²) in [6.45, 7) is 0. The lowest BCUT2D eigenvalue weighted by atomic mass is 9.63. The highest BCUT2D eigenvalue weighted by molar-refractivity contribution is 5.83. The van der Waals surface area contributed by atoms with Gasteiger partial charge in [-0.3, -0.25) is 4.79 Å². The molecule has 1 aromatic carbocycles. The molecule has 3 rings (SSSR count). The molecule has 0 aliphatic heterocycles. The predicted octanol–water partition coefficient (Wildman–Crippen LogP) is 2.83. The van der Waals surface area contributed by atoms with Gasteiger partial charge in [0.05, 0.1) is 11.0 Å². The molecule has 1 aromatic rings. The first-order chi connectivity index (χ1) is 8.65. The molecule has 2 fully saturated rings. The fourth-order valence-corrected chi connectivity index (χ4v) is 3.12. The second-order valence-corrected chi connectivity index (χ2v) is 5.48. The van der Waals surface area contributed by atoms with Crippen molar-refractivity contribution >= 4 is 5.97 Å². The molecule has 0 heterocycles. The minimum absolute atomic E-state index is 0.214. The molecule has 96 valence electrons. The number of carboxylic acid groups (broad SMARTS) is 1. The predicted molar refractivity (Wildman–Crippen MR) is 67.5 cm³/mol. The van der Waals surface area contributed by atoms with Crippen molar-refractivity contribution < 1.29 is 14.6 Å². The van der Waals surface area contributed by atoms with E-state index in [0.29, 0.717) is 0 Å². The van der Waals surface area contributed by atoms with Crippen molar-refractivity contribution in [3.8, 4) is 0 Å². The number of carbonyl (C=O) groups is 1. The quantitative estimate of drug-likeness (QED) is 0.888. The lowest BCUT2D eigenvalue weighted by Gasteiger charge is -2.40. The summed E-state index contributed by atoms with van der Waals surface area (Å²) in [7, 11) is 1.72. The molecular weight excluding hydrogens is 228 g/mol. The zero-order valence-corrected chi connectivity index (χ0v) is 10.6. The fourth-order valence-electron chi connectivity index (χ4n) is 3.12. The molecule has 2 saturated carbocycles. The highest BCUT2D eigenvalue weighted by Gasteiger charge is 2.53. The SMILES string of the molecule is COC1(c2ccccc2C2(C(=O)O)CCC2)CC1. The standard InChI is InChI=1S/C15H18O3/c1-18-15(9-10-15)12-6-3-2-5-11(12)14(13(16)17)7-4-8-14/h2-3,5-6H,4,7-10H2,1H3,(H,16,17). The Kier molecular flexibility index (Phi) is 2.49. The zero-order chi connectivity index (χ0) is 12.8. The summed E-state index contributed by atoms with van der Waals surface area (Å²) < 4.78 is 5.63. The summed E-state index contributed by atoms with van der Waals surface area (Å²) in [4.78, 5) is 11.7. The summed E-state index contributed by atoms with van der Waals surface area (Å²) in [6, 6.07) is 7.93. The monoisotopic (exact) mass is 246 g/mol. The van der Waals surface area contributed by atoms with Gasteiger partial charge in [0.1, 0.15) is 0 Å². The van der Waals surface area contributed by atoms with Crippen LogP contribution in [-0.4, -0.2) is 18.2 Å². The van der Waals surface area contributed by atoms with Gasteiger partial charge in [-0.1, -0.05) is 30.7 Å². The Labute approximate surface area is 107 Å². The van der Waals surface area contributed by atoms with Crippen molar-refractivity contribution in [1.82, 2.24) is 0 Å². The Balaban J connectivity index is 2.10. The summed E-state index contributed by atoms with van der Waals surface area (Å²) in [5.41, 5.74) is 1.19. The van der Waals surface area contributed by atoms with E-state index in [1.165, 1.54) is 0 Å². The van der Waals surface area contributed by atoms with E-state index < -0.39 is 11.4 Å². The summed E-state index contributed by atoms with van der Waals surface area (Å²) in [5, 5.41) is 9.58. The molecule has 3 nitrogen and oxygen atoms in total. The first-order valence-corrected chi connectivity index (χ1v) is 6.53. The van der Waals surface area contributed by atoms with Gasteiger partial charge in [-0.2, -0.15) is 0 Å². The molecular formula is C15H18O3. The number of ether oxygens (including phenoxy) is 1. The number of methoxy groups -OCH3 is 1. The molecule has 18 heavy (non-hydrogen) atoms. The molecule has 0 spiro atoms. The minimum atomic E-state index is -0.687. The van der Waals surface area contributed by atoms with Crippen molar-refractivity contribution in [3.63, 3.8) is 0 Å². The van der Waals surface area contributed by atoms with E-state index in [9.17, 15) is 9.90 Å². The van der Waals surface area contributed by atoms with Gasteiger partial charge in [-0.25, -0.2) is 0 Å². The lowest BCUT2D eigenvalue weighted by Crippen LogP contribution is -2.43. The molecule has 2 aliphatic rings. The molecule has 0 bridgehead atoms. The van der Waals surface area contributed by atoms with E-state index in [1.54, 1.807) is 7.11 Å². The normalized spacial score (nSPS) is 23.2. The van der Waals surface area contributed by atoms with Gasteiger partial charge in [0.25, 0.3) is 0 Å². The first kappa shape index (κ1) is 11.7. The zero-order valence-electron chi connectivity index (χ0n) is 10.6. The van der Waals surface area contributed by atoms with Gasteiger partial charge in [0.15, 0.2) is 0 Å². The van der Waals surface area contributed by atoms with Gasteiger partial charge in [-0.05, 0) is 36.8 Å². The van der Waals surface area contributed by atoms with Gasteiger partial charge in [0, 0.05) is 7.11 Å². The maximum Gasteiger partial charge on any atom is 0.314 e. The van der Waals surface area contributed by atoms with Crippen LogP contribution in [0.15, 0.2) is 24.3 Å². The number of carboxylic acids is 1. The molecule has 1 N–H and O–H groups in total. The third-order valence-electron chi connectivity index (χ3n) is 4.64. The Morgan fingerprint density at radius 3 is 2.17 bits per heavy atom. The largest absolute Gasteiger partial charge is 0.481 e. The molecule has 0 aromatic heterocycles. The van der Waals surface area contributed by atoms with Crippen molar-refractivity contribution in [2.45, 2.75) is 43.1 Å².